The van der Waals surface area contributed by atoms with Gasteiger partial charge >= 0.3 is 92.8 Å². The zero-order chi connectivity index (χ0) is 7.84. The molecule has 0 spiro atoms. The summed E-state index contributed by atoms with van der Waals surface area (Å²) in [6.45, 7) is 0. The third kappa shape index (κ3) is 1.26. The molecule has 6 heteroatoms. The zero-order valence-corrected chi connectivity index (χ0v) is 14.2. The van der Waals surface area contributed by atoms with Crippen LogP contribution in [-0.2, 0) is 0 Å². The van der Waals surface area contributed by atoms with Gasteiger partial charge in [0.1, 0.15) is 0 Å². The number of aromatic nitrogens is 4. The third-order valence-electron chi connectivity index (χ3n) is 1.38. The first-order valence-electron chi connectivity index (χ1n) is 3.21. The van der Waals surface area contributed by atoms with Crippen molar-refractivity contribution in [2.75, 3.05) is 5.73 Å². The van der Waals surface area contributed by atoms with Gasteiger partial charge in [-0.25, -0.2) is 0 Å². The number of hydrogen-bond donors (Lipinski definition) is 1. The molecule has 2 heterocycles. The van der Waals surface area contributed by atoms with Crippen molar-refractivity contribution < 1.29 is 42.8 Å². The van der Waals surface area contributed by atoms with Gasteiger partial charge in [0.15, 0.2) is 0 Å². The molecule has 0 aliphatic heterocycles. The van der Waals surface area contributed by atoms with Crippen LogP contribution in [-0.4, -0.2) is 19.6 Å². The molecule has 0 aliphatic rings. The first-order valence-corrected chi connectivity index (χ1v) is 7.32. The van der Waals surface area contributed by atoms with Crippen molar-refractivity contribution in [1.29, 1.82) is 0 Å². The molecule has 0 saturated carbocycles. The number of rotatable bonds is 0. The molecule has 0 aliphatic carbocycles. The number of nitrogens with zero attached hydrogens (tertiary/aromatic N) is 4. The average molecular weight is 361 g/mol. The second kappa shape index (κ2) is 2.70. The van der Waals surface area contributed by atoms with Crippen LogP contribution in [0.1, 0.15) is 0 Å². The maximum atomic E-state index is 5.62. The van der Waals surface area contributed by atoms with E-state index in [2.05, 4.69) is 15.1 Å². The van der Waals surface area contributed by atoms with E-state index in [4.69, 9.17) is 5.73 Å². The number of fused-ring (bicyclic) bond motifs is 1. The number of nitrogen functional groups attached to an aromatic ring is 1. The van der Waals surface area contributed by atoms with Crippen LogP contribution >= 0.6 is 0 Å². The number of hydrogen-bond acceptors (Lipinski definition) is 4. The van der Waals surface area contributed by atoms with Crippen molar-refractivity contribution in [3.63, 3.8) is 0 Å². The van der Waals surface area contributed by atoms with Crippen LogP contribution < -0.4 is 6.60 Å². The topological polar surface area (TPSA) is 69.1 Å². The average Bonchev–Trinajstić information content (AvgIpc) is 2.31. The molecule has 2 aromatic heterocycles. The normalized spacial score (nSPS) is 10.5. The third-order valence-corrected chi connectivity index (χ3v) is 3.12. The van der Waals surface area contributed by atoms with Crippen molar-refractivity contribution in [2.45, 2.75) is 0 Å². The van der Waals surface area contributed by atoms with E-state index < -0.39 is 0 Å². The summed E-state index contributed by atoms with van der Waals surface area (Å²) in [7, 11) is 0. The van der Waals surface area contributed by atoms with E-state index in [-0.39, 0.29) is 42.8 Å². The molecule has 2 N–H and O–H groups in total. The Labute approximate surface area is 91.8 Å². The molecular weight excluding hydrogens is 356 g/mol. The predicted molar refractivity (Wildman–Crippen MR) is 36.2 cm³/mol. The summed E-state index contributed by atoms with van der Waals surface area (Å²) in [4.78, 5) is 8.15. The standard InChI is InChI=1S/C5H4N5.Ra.H/c6-4-1-2-7-5-8-3-9-10(4)5;;/h1-2H,6H2;;. The van der Waals surface area contributed by atoms with Gasteiger partial charge in [0.25, 0.3) is 0 Å². The van der Waals surface area contributed by atoms with Crippen LogP contribution in [0.25, 0.3) is 5.78 Å². The van der Waals surface area contributed by atoms with Gasteiger partial charge in [-0.3, -0.25) is 0 Å². The van der Waals surface area contributed by atoms with E-state index in [9.17, 15) is 0 Å². The molecule has 0 amide bonds. The Hall–Kier alpha value is -0.182. The van der Waals surface area contributed by atoms with Gasteiger partial charge in [-0.05, 0) is 0 Å². The van der Waals surface area contributed by atoms with Crippen molar-refractivity contribution in [2.24, 2.45) is 0 Å². The second-order valence-electron chi connectivity index (χ2n) is 2.24. The Balaban J connectivity index is 2.90. The van der Waals surface area contributed by atoms with Crippen LogP contribution in [0.4, 0.5) is 5.82 Å². The molecule has 52 valence electrons. The zero-order valence-electron chi connectivity index (χ0n) is 6.02. The molecule has 0 unspecified atom stereocenters. The van der Waals surface area contributed by atoms with Crippen LogP contribution in [0.3, 0.4) is 0 Å². The van der Waals surface area contributed by atoms with E-state index in [1.807, 2.05) is 0 Å². The number of nitrogens with two attached hydrogens (primary N) is 1. The molecule has 11 heavy (non-hydrogen) atoms. The molecule has 0 aromatic carbocycles. The molecule has 5 nitrogen and oxygen atoms in total. The molecule has 2 rings (SSSR count). The van der Waals surface area contributed by atoms with E-state index in [1.54, 1.807) is 16.8 Å². The van der Waals surface area contributed by atoms with Crippen LogP contribution in [0, 0.1) is 42.8 Å². The molecule has 0 saturated heterocycles. The summed E-state index contributed by atoms with van der Waals surface area (Å²) in [6, 6.07) is 1.71. The fourth-order valence-electron chi connectivity index (χ4n) is 0.912. The summed E-state index contributed by atoms with van der Waals surface area (Å²) < 4.78 is 2.47. The molecule has 0 fully saturated rings. The summed E-state index contributed by atoms with van der Waals surface area (Å²) in [5.41, 5.74) is 5.62. The first kappa shape index (κ1) is 7.47. The Kier molecular flexibility index (Phi) is 1.83. The van der Waals surface area contributed by atoms with Crippen LogP contribution in [0.5, 0.6) is 0 Å². The van der Waals surface area contributed by atoms with Crippen molar-refractivity contribution in [1.82, 2.24) is 19.6 Å². The van der Waals surface area contributed by atoms with Gasteiger partial charge in [-0.1, -0.05) is 0 Å². The van der Waals surface area contributed by atoms with E-state index in [1.165, 1.54) is 0 Å². The van der Waals surface area contributed by atoms with Crippen molar-refractivity contribution >= 4 is 12.5 Å². The van der Waals surface area contributed by atoms with Crippen molar-refractivity contribution in [3.05, 3.63) is 12.3 Å². The summed E-state index contributed by atoms with van der Waals surface area (Å²) in [6.07, 6.45) is 1.64. The van der Waals surface area contributed by atoms with Gasteiger partial charge in [-0.15, -0.1) is 0 Å². The van der Waals surface area contributed by atoms with E-state index >= 15 is 0 Å². The van der Waals surface area contributed by atoms with Gasteiger partial charge < -0.3 is 0 Å². The molecule has 0 bridgehead atoms. The van der Waals surface area contributed by atoms with Gasteiger partial charge in [0.05, 0.1) is 0 Å². The second-order valence-corrected chi connectivity index (χ2v) is 5.92. The van der Waals surface area contributed by atoms with E-state index in [0.717, 1.165) is 0.865 Å². The van der Waals surface area contributed by atoms with E-state index in [0.29, 0.717) is 11.6 Å². The fourth-order valence-corrected chi connectivity index (χ4v) is 2.56. The Bertz CT molecular complexity index is 395. The monoisotopic (exact) mass is 361 g/mol. The quantitative estimate of drug-likeness (QED) is 0.628. The maximum absolute atomic E-state index is 5.62. The van der Waals surface area contributed by atoms with Gasteiger partial charge in [-0.2, -0.15) is 0 Å². The molecule has 0 atom stereocenters. The Morgan fingerprint density at radius 1 is 1.55 bits per heavy atom. The summed E-state index contributed by atoms with van der Waals surface area (Å²) in [5.74, 6) is 1.19. The molecule has 0 radical (unpaired) electrons. The van der Waals surface area contributed by atoms with Crippen LogP contribution in [0.2, 0.25) is 0 Å². The molecular formula is C5H5N5Ra. The Morgan fingerprint density at radius 3 is 3.09 bits per heavy atom. The summed E-state index contributed by atoms with van der Waals surface area (Å²) >= 11 is 0.183. The first-order chi connectivity index (χ1) is 5.27. The minimum atomic E-state index is 0.183. The van der Waals surface area contributed by atoms with Crippen molar-refractivity contribution in [3.8, 4) is 0 Å². The predicted octanol–water partition coefficient (Wildman–Crippen LogP) is -1.39. The fraction of sp³-hybridized carbons (Fsp3) is 0. The summed E-state index contributed by atoms with van der Waals surface area (Å²) in [5, 5.41) is 4.13. The SMILES string of the molecule is Nc1ccnc2n[c]([RaH])nn12. The van der Waals surface area contributed by atoms with Crippen LogP contribution in [0.15, 0.2) is 12.3 Å². The number of anilines is 1. The Morgan fingerprint density at radius 2 is 2.36 bits per heavy atom. The minimum absolute atomic E-state index is 0.183. The molecule has 2 aromatic rings. The van der Waals surface area contributed by atoms with Gasteiger partial charge in [0.2, 0.25) is 0 Å². The van der Waals surface area contributed by atoms with Gasteiger partial charge in [0, 0.05) is 0 Å².